The van der Waals surface area contributed by atoms with Crippen molar-refractivity contribution in [2.45, 2.75) is 20.0 Å². The van der Waals surface area contributed by atoms with Crippen LogP contribution < -0.4 is 12.4 Å². The Kier molecular flexibility index (Phi) is 4.37. The third-order valence-electron chi connectivity index (χ3n) is 2.57. The van der Waals surface area contributed by atoms with Crippen LogP contribution in [0.5, 0.6) is 0 Å². The third kappa shape index (κ3) is 3.41. The van der Waals surface area contributed by atoms with Gasteiger partial charge in [0.25, 0.3) is 0 Å². The summed E-state index contributed by atoms with van der Waals surface area (Å²) in [6.07, 6.45) is 0.574. The van der Waals surface area contributed by atoms with E-state index >= 15 is 0 Å². The van der Waals surface area contributed by atoms with E-state index in [1.54, 1.807) is 0 Å². The molecule has 0 aliphatic carbocycles. The normalized spacial score (nSPS) is 22.6. The summed E-state index contributed by atoms with van der Waals surface area (Å²) >= 11 is 0. The monoisotopic (exact) mass is 179 g/mol. The van der Waals surface area contributed by atoms with Crippen LogP contribution in [0.1, 0.15) is 13.8 Å². The quantitative estimate of drug-likeness (QED) is 0.355. The molecule has 1 atom stereocenters. The Morgan fingerprint density at radius 3 is 2.09 bits per heavy atom. The van der Waals surface area contributed by atoms with Crippen molar-refractivity contribution in [3.8, 4) is 0 Å². The Morgan fingerprint density at radius 1 is 1.36 bits per heavy atom. The SMILES string of the molecule is CC[N+](C)(CC)CC1CO1.[Cl-]. The molecule has 0 radical (unpaired) electrons. The third-order valence-corrected chi connectivity index (χ3v) is 2.57. The summed E-state index contributed by atoms with van der Waals surface area (Å²) in [7, 11) is 2.29. The molecule has 1 heterocycles. The van der Waals surface area contributed by atoms with Gasteiger partial charge in [-0.15, -0.1) is 0 Å². The number of ether oxygens (including phenoxy) is 1. The average Bonchev–Trinajstić information content (AvgIpc) is 2.72. The number of halogens is 1. The van der Waals surface area contributed by atoms with Gasteiger partial charge in [0.15, 0.2) is 0 Å². The van der Waals surface area contributed by atoms with Crippen LogP contribution in [-0.4, -0.2) is 43.9 Å². The highest BCUT2D eigenvalue weighted by atomic mass is 35.5. The molecule has 1 fully saturated rings. The summed E-state index contributed by atoms with van der Waals surface area (Å²) in [5, 5.41) is 0. The van der Waals surface area contributed by atoms with E-state index in [2.05, 4.69) is 20.9 Å². The van der Waals surface area contributed by atoms with Gasteiger partial charge in [-0.1, -0.05) is 0 Å². The van der Waals surface area contributed by atoms with Gasteiger partial charge in [-0.25, -0.2) is 0 Å². The van der Waals surface area contributed by atoms with Gasteiger partial charge in [0.1, 0.15) is 12.6 Å². The minimum atomic E-state index is 0. The van der Waals surface area contributed by atoms with Crippen LogP contribution in [0.4, 0.5) is 0 Å². The van der Waals surface area contributed by atoms with Gasteiger partial charge in [-0.2, -0.15) is 0 Å². The lowest BCUT2D eigenvalue weighted by molar-refractivity contribution is -0.906. The molecular formula is C8H18ClNO. The first kappa shape index (κ1) is 11.2. The van der Waals surface area contributed by atoms with Gasteiger partial charge in [0.05, 0.1) is 26.7 Å². The van der Waals surface area contributed by atoms with E-state index in [1.807, 2.05) is 0 Å². The molecule has 1 unspecified atom stereocenters. The van der Waals surface area contributed by atoms with Crippen LogP contribution in [0.2, 0.25) is 0 Å². The lowest BCUT2D eigenvalue weighted by atomic mass is 10.3. The molecule has 1 saturated heterocycles. The Morgan fingerprint density at radius 2 is 1.82 bits per heavy atom. The van der Waals surface area contributed by atoms with Gasteiger partial charge in [0.2, 0.25) is 0 Å². The minimum absolute atomic E-state index is 0. The summed E-state index contributed by atoms with van der Waals surface area (Å²) in [5.74, 6) is 0. The van der Waals surface area contributed by atoms with E-state index < -0.39 is 0 Å². The number of quaternary nitrogens is 1. The molecular weight excluding hydrogens is 162 g/mol. The number of nitrogens with zero attached hydrogens (tertiary/aromatic N) is 1. The van der Waals surface area contributed by atoms with Gasteiger partial charge >= 0.3 is 0 Å². The number of rotatable bonds is 4. The highest BCUT2D eigenvalue weighted by molar-refractivity contribution is 4.67. The van der Waals surface area contributed by atoms with E-state index in [9.17, 15) is 0 Å². The van der Waals surface area contributed by atoms with E-state index in [0.29, 0.717) is 6.10 Å². The van der Waals surface area contributed by atoms with Crippen molar-refractivity contribution in [3.63, 3.8) is 0 Å². The zero-order valence-electron chi connectivity index (χ0n) is 7.64. The topological polar surface area (TPSA) is 12.5 Å². The molecule has 1 rings (SSSR count). The Bertz CT molecular complexity index is 111. The van der Waals surface area contributed by atoms with Crippen molar-refractivity contribution < 1.29 is 21.6 Å². The highest BCUT2D eigenvalue weighted by Gasteiger charge is 2.31. The molecule has 11 heavy (non-hydrogen) atoms. The Balaban J connectivity index is 0.000001000. The van der Waals surface area contributed by atoms with Gasteiger partial charge in [0, 0.05) is 0 Å². The summed E-state index contributed by atoms with van der Waals surface area (Å²) in [6.45, 7) is 9.12. The highest BCUT2D eigenvalue weighted by Crippen LogP contribution is 2.14. The molecule has 0 aromatic heterocycles. The summed E-state index contributed by atoms with van der Waals surface area (Å²) < 4.78 is 6.35. The fraction of sp³-hybridized carbons (Fsp3) is 1.00. The fourth-order valence-electron chi connectivity index (χ4n) is 1.15. The molecule has 0 aromatic rings. The van der Waals surface area contributed by atoms with Crippen molar-refractivity contribution in [1.82, 2.24) is 0 Å². The summed E-state index contributed by atoms with van der Waals surface area (Å²) in [6, 6.07) is 0. The van der Waals surface area contributed by atoms with Gasteiger partial charge in [-0.05, 0) is 13.8 Å². The number of hydrogen-bond acceptors (Lipinski definition) is 1. The first-order valence-corrected chi connectivity index (χ1v) is 4.15. The zero-order valence-corrected chi connectivity index (χ0v) is 8.40. The van der Waals surface area contributed by atoms with Crippen LogP contribution in [0.15, 0.2) is 0 Å². The average molecular weight is 180 g/mol. The summed E-state index contributed by atoms with van der Waals surface area (Å²) in [4.78, 5) is 0. The molecule has 1 aliphatic heterocycles. The number of likely N-dealkylation sites (N-methyl/N-ethyl adjacent to an activating group) is 1. The molecule has 0 bridgehead atoms. The molecule has 0 N–H and O–H groups in total. The van der Waals surface area contributed by atoms with Crippen LogP contribution >= 0.6 is 0 Å². The van der Waals surface area contributed by atoms with Crippen LogP contribution in [0.25, 0.3) is 0 Å². The van der Waals surface area contributed by atoms with E-state index in [1.165, 1.54) is 19.6 Å². The lowest BCUT2D eigenvalue weighted by Crippen LogP contribution is -3.00. The zero-order chi connectivity index (χ0) is 7.61. The fourth-order valence-corrected chi connectivity index (χ4v) is 1.15. The molecule has 1 aliphatic rings. The molecule has 3 heteroatoms. The minimum Gasteiger partial charge on any atom is -1.00 e. The first-order chi connectivity index (χ1) is 4.70. The van der Waals surface area contributed by atoms with Crippen LogP contribution in [0, 0.1) is 0 Å². The second-order valence-electron chi connectivity index (χ2n) is 3.39. The van der Waals surface area contributed by atoms with Crippen LogP contribution in [0.3, 0.4) is 0 Å². The Hall–Kier alpha value is 0.210. The maximum atomic E-state index is 5.19. The maximum absolute atomic E-state index is 5.19. The maximum Gasteiger partial charge on any atom is 0.130 e. The van der Waals surface area contributed by atoms with Crippen molar-refractivity contribution in [3.05, 3.63) is 0 Å². The van der Waals surface area contributed by atoms with E-state index in [4.69, 9.17) is 4.74 Å². The van der Waals surface area contributed by atoms with E-state index in [0.717, 1.165) is 11.1 Å². The van der Waals surface area contributed by atoms with Crippen molar-refractivity contribution in [2.24, 2.45) is 0 Å². The number of epoxide rings is 1. The summed E-state index contributed by atoms with van der Waals surface area (Å²) in [5.41, 5.74) is 0. The van der Waals surface area contributed by atoms with Crippen molar-refractivity contribution >= 4 is 0 Å². The molecule has 68 valence electrons. The molecule has 0 spiro atoms. The lowest BCUT2D eigenvalue weighted by Gasteiger charge is -2.31. The van der Waals surface area contributed by atoms with Crippen molar-refractivity contribution in [2.75, 3.05) is 33.3 Å². The number of hydrogen-bond donors (Lipinski definition) is 0. The second-order valence-corrected chi connectivity index (χ2v) is 3.39. The molecule has 0 amide bonds. The predicted molar refractivity (Wildman–Crippen MR) is 41.9 cm³/mol. The van der Waals surface area contributed by atoms with Crippen molar-refractivity contribution in [1.29, 1.82) is 0 Å². The van der Waals surface area contributed by atoms with Gasteiger partial charge < -0.3 is 21.6 Å². The smallest absolute Gasteiger partial charge is 0.130 e. The molecule has 2 nitrogen and oxygen atoms in total. The first-order valence-electron chi connectivity index (χ1n) is 4.15. The van der Waals surface area contributed by atoms with Crippen LogP contribution in [-0.2, 0) is 4.74 Å². The largest absolute Gasteiger partial charge is 1.00 e. The molecule has 0 aromatic carbocycles. The Labute approximate surface area is 75.5 Å². The predicted octanol–water partition coefficient (Wildman–Crippen LogP) is -2.12. The van der Waals surface area contributed by atoms with E-state index in [-0.39, 0.29) is 12.4 Å². The second kappa shape index (κ2) is 4.29. The standard InChI is InChI=1S/C8H18NO.ClH/c1-4-9(3,5-2)6-8-7-10-8;/h8H,4-7H2,1-3H3;1H/q+1;/p-1. The molecule has 0 saturated carbocycles. The van der Waals surface area contributed by atoms with Gasteiger partial charge in [-0.3, -0.25) is 0 Å².